The summed E-state index contributed by atoms with van der Waals surface area (Å²) < 4.78 is 0. The Morgan fingerprint density at radius 1 is 1.33 bits per heavy atom. The molecule has 0 saturated heterocycles. The van der Waals surface area contributed by atoms with Crippen LogP contribution in [-0.4, -0.2) is 8.96 Å². The van der Waals surface area contributed by atoms with E-state index in [0.717, 1.165) is 0 Å². The number of nitrogens with two attached hydrogens (primary N) is 1. The van der Waals surface area contributed by atoms with Crippen molar-refractivity contribution in [2.24, 2.45) is 10.8 Å². The zero-order valence-electron chi connectivity index (χ0n) is 7.07. The molecule has 0 aliphatic rings. The first-order valence-corrected chi connectivity index (χ1v) is 6.01. The van der Waals surface area contributed by atoms with Gasteiger partial charge in [0, 0.05) is 0 Å². The molecule has 0 fully saturated rings. The third-order valence-electron chi connectivity index (χ3n) is 1.40. The summed E-state index contributed by atoms with van der Waals surface area (Å²) >= 11 is 0. The average Bonchev–Trinajstić information content (AvgIpc) is 1.62. The van der Waals surface area contributed by atoms with E-state index in [4.69, 9.17) is 5.40 Å². The second-order valence-electron chi connectivity index (χ2n) is 3.93. The minimum absolute atomic E-state index is 0.460. The van der Waals surface area contributed by atoms with Crippen LogP contribution < -0.4 is 5.40 Å². The highest BCUT2D eigenvalue weighted by Crippen LogP contribution is 2.20. The summed E-state index contributed by atoms with van der Waals surface area (Å²) in [5.74, 6) is 0. The van der Waals surface area contributed by atoms with E-state index in [0.29, 0.717) is 5.41 Å². The van der Waals surface area contributed by atoms with Gasteiger partial charge in [-0.3, -0.25) is 0 Å². The van der Waals surface area contributed by atoms with Gasteiger partial charge in [0.25, 0.3) is 0 Å². The molecule has 0 aliphatic heterocycles. The smallest absolute Gasteiger partial charge is 0.106 e. The molecule has 0 spiro atoms. The second-order valence-corrected chi connectivity index (χ2v) is 6.68. The van der Waals surface area contributed by atoms with Crippen molar-refractivity contribution in [3.05, 3.63) is 0 Å². The molecular weight excluding hydrogens is 126 g/mol. The highest BCUT2D eigenvalue weighted by Gasteiger charge is 2.14. The van der Waals surface area contributed by atoms with Crippen LogP contribution >= 0.6 is 0 Å². The molecular formula is C7H19NSi. The maximum absolute atomic E-state index is 5.90. The van der Waals surface area contributed by atoms with Crippen LogP contribution in [0.3, 0.4) is 0 Å². The standard InChI is InChI=1S/C7H19NSi/c1-5-9(8)6-7(2,3)4/h9H,5-6,8H2,1-4H3. The van der Waals surface area contributed by atoms with Gasteiger partial charge in [-0.2, -0.15) is 0 Å². The lowest BCUT2D eigenvalue weighted by Gasteiger charge is -2.20. The first-order chi connectivity index (χ1) is 3.95. The van der Waals surface area contributed by atoms with Gasteiger partial charge in [-0.25, -0.2) is 0 Å². The molecule has 0 rings (SSSR count). The zero-order chi connectivity index (χ0) is 7.49. The van der Waals surface area contributed by atoms with E-state index in [1.54, 1.807) is 0 Å². The maximum atomic E-state index is 5.90. The van der Waals surface area contributed by atoms with Gasteiger partial charge in [-0.1, -0.05) is 33.7 Å². The van der Waals surface area contributed by atoms with E-state index in [9.17, 15) is 0 Å². The highest BCUT2D eigenvalue weighted by atomic mass is 28.3. The summed E-state index contributed by atoms with van der Waals surface area (Å²) in [7, 11) is -0.806. The molecule has 0 saturated carbocycles. The van der Waals surface area contributed by atoms with Crippen molar-refractivity contribution in [1.82, 2.24) is 0 Å². The zero-order valence-corrected chi connectivity index (χ0v) is 8.22. The van der Waals surface area contributed by atoms with Crippen LogP contribution in [0.15, 0.2) is 0 Å². The third-order valence-corrected chi connectivity index (χ3v) is 4.20. The molecule has 0 aromatic carbocycles. The van der Waals surface area contributed by atoms with Crippen molar-refractivity contribution >= 4 is 8.96 Å². The quantitative estimate of drug-likeness (QED) is 0.588. The van der Waals surface area contributed by atoms with E-state index in [2.05, 4.69) is 27.7 Å². The van der Waals surface area contributed by atoms with E-state index < -0.39 is 8.96 Å². The molecule has 0 amide bonds. The Balaban J connectivity index is 3.47. The second kappa shape index (κ2) is 3.37. The molecule has 1 atom stereocenters. The third kappa shape index (κ3) is 6.06. The predicted octanol–water partition coefficient (Wildman–Crippen LogP) is 1.73. The van der Waals surface area contributed by atoms with Crippen molar-refractivity contribution in [3.8, 4) is 0 Å². The van der Waals surface area contributed by atoms with Crippen molar-refractivity contribution < 1.29 is 0 Å². The molecule has 0 aromatic rings. The molecule has 1 unspecified atom stereocenters. The van der Waals surface area contributed by atoms with Crippen molar-refractivity contribution in [3.63, 3.8) is 0 Å². The van der Waals surface area contributed by atoms with Crippen LogP contribution in [-0.2, 0) is 0 Å². The summed E-state index contributed by atoms with van der Waals surface area (Å²) in [4.78, 5) is 0. The van der Waals surface area contributed by atoms with Crippen LogP contribution in [0.25, 0.3) is 0 Å². The summed E-state index contributed by atoms with van der Waals surface area (Å²) in [6, 6.07) is 2.50. The maximum Gasteiger partial charge on any atom is 0.106 e. The topological polar surface area (TPSA) is 26.0 Å². The molecule has 56 valence electrons. The molecule has 0 radical (unpaired) electrons. The van der Waals surface area contributed by atoms with Crippen molar-refractivity contribution in [2.75, 3.05) is 0 Å². The predicted molar refractivity (Wildman–Crippen MR) is 46.1 cm³/mol. The monoisotopic (exact) mass is 145 g/mol. The van der Waals surface area contributed by atoms with Gasteiger partial charge in [0.2, 0.25) is 0 Å². The Bertz CT molecular complexity index is 75.5. The van der Waals surface area contributed by atoms with Gasteiger partial charge in [-0.05, 0) is 11.5 Å². The van der Waals surface area contributed by atoms with E-state index in [1.807, 2.05) is 0 Å². The van der Waals surface area contributed by atoms with Gasteiger partial charge < -0.3 is 5.40 Å². The van der Waals surface area contributed by atoms with Crippen LogP contribution in [0, 0.1) is 5.41 Å². The van der Waals surface area contributed by atoms with Gasteiger partial charge in [0.15, 0.2) is 0 Å². The molecule has 9 heavy (non-hydrogen) atoms. The van der Waals surface area contributed by atoms with Gasteiger partial charge in [0.05, 0.1) is 0 Å². The largest absolute Gasteiger partial charge is 0.353 e. The first kappa shape index (κ1) is 9.18. The Labute approximate surface area is 60.3 Å². The lowest BCUT2D eigenvalue weighted by atomic mass is 10.0. The molecule has 0 bridgehead atoms. The van der Waals surface area contributed by atoms with Crippen LogP contribution in [0.4, 0.5) is 0 Å². The summed E-state index contributed by atoms with van der Waals surface area (Å²) in [5, 5.41) is 5.90. The van der Waals surface area contributed by atoms with E-state index in [1.165, 1.54) is 12.1 Å². The minimum Gasteiger partial charge on any atom is -0.353 e. The number of hydrogen-bond acceptors (Lipinski definition) is 1. The lowest BCUT2D eigenvalue weighted by molar-refractivity contribution is 0.463. The van der Waals surface area contributed by atoms with Gasteiger partial charge in [-0.15, -0.1) is 0 Å². The summed E-state index contributed by atoms with van der Waals surface area (Å²) in [6.07, 6.45) is 0. The Hall–Kier alpha value is 0.177. The average molecular weight is 145 g/mol. The molecule has 0 aliphatic carbocycles. The Morgan fingerprint density at radius 3 is 1.89 bits per heavy atom. The van der Waals surface area contributed by atoms with Crippen molar-refractivity contribution in [2.45, 2.75) is 39.8 Å². The van der Waals surface area contributed by atoms with E-state index >= 15 is 0 Å². The fraction of sp³-hybridized carbons (Fsp3) is 1.00. The minimum atomic E-state index is -0.806. The number of hydrogen-bond donors (Lipinski definition) is 1. The normalized spacial score (nSPS) is 15.7. The van der Waals surface area contributed by atoms with Crippen LogP contribution in [0.2, 0.25) is 12.1 Å². The summed E-state index contributed by atoms with van der Waals surface area (Å²) in [5.41, 5.74) is 0.460. The van der Waals surface area contributed by atoms with Gasteiger partial charge >= 0.3 is 0 Å². The highest BCUT2D eigenvalue weighted by molar-refractivity contribution is 6.55. The van der Waals surface area contributed by atoms with Crippen LogP contribution in [0.5, 0.6) is 0 Å². The molecule has 0 heterocycles. The Morgan fingerprint density at radius 2 is 1.78 bits per heavy atom. The molecule has 2 N–H and O–H groups in total. The summed E-state index contributed by atoms with van der Waals surface area (Å²) in [6.45, 7) is 8.98. The molecule has 0 aromatic heterocycles. The fourth-order valence-electron chi connectivity index (χ4n) is 0.931. The van der Waals surface area contributed by atoms with Gasteiger partial charge in [0.1, 0.15) is 8.96 Å². The first-order valence-electron chi connectivity index (χ1n) is 3.71. The number of rotatable bonds is 2. The lowest BCUT2D eigenvalue weighted by Crippen LogP contribution is -2.29. The van der Waals surface area contributed by atoms with E-state index in [-0.39, 0.29) is 0 Å². The SMILES string of the molecule is CC[SiH](N)CC(C)(C)C. The molecule has 1 nitrogen and oxygen atoms in total. The Kier molecular flexibility index (Phi) is 3.44. The molecule has 2 heteroatoms. The fourth-order valence-corrected chi connectivity index (χ4v) is 2.79. The van der Waals surface area contributed by atoms with Crippen molar-refractivity contribution in [1.29, 1.82) is 0 Å². The van der Waals surface area contributed by atoms with Crippen LogP contribution in [0.1, 0.15) is 27.7 Å².